The minimum absolute atomic E-state index is 0.820. The van der Waals surface area contributed by atoms with Gasteiger partial charge in [-0.2, -0.15) is 0 Å². The minimum Gasteiger partial charge on any atom is -0.355 e. The quantitative estimate of drug-likeness (QED) is 0.117. The SMILES string of the molecule is CCCCCCCCCCCCSP(O)SCCCCCCCCCCCC. The molecule has 0 fully saturated rings. The Balaban J connectivity index is 3.12. The van der Waals surface area contributed by atoms with Gasteiger partial charge in [0.2, 0.25) is 0 Å². The van der Waals surface area contributed by atoms with Gasteiger partial charge in [0.25, 0.3) is 0 Å². The number of unbranched alkanes of at least 4 members (excludes halogenated alkanes) is 18. The third-order valence-electron chi connectivity index (χ3n) is 5.40. The molecule has 170 valence electrons. The third kappa shape index (κ3) is 25.1. The van der Waals surface area contributed by atoms with E-state index in [-0.39, 0.29) is 0 Å². The van der Waals surface area contributed by atoms with E-state index in [0.29, 0.717) is 0 Å². The highest BCUT2D eigenvalue weighted by Crippen LogP contribution is 2.57. The van der Waals surface area contributed by atoms with Crippen LogP contribution in [0.2, 0.25) is 0 Å². The van der Waals surface area contributed by atoms with E-state index >= 15 is 0 Å². The summed E-state index contributed by atoms with van der Waals surface area (Å²) in [5.74, 6) is 2.31. The Labute approximate surface area is 187 Å². The predicted molar refractivity (Wildman–Crippen MR) is 138 cm³/mol. The van der Waals surface area contributed by atoms with Gasteiger partial charge in [-0.1, -0.05) is 152 Å². The molecule has 0 spiro atoms. The van der Waals surface area contributed by atoms with Crippen molar-refractivity contribution in [3.8, 4) is 0 Å². The van der Waals surface area contributed by atoms with E-state index in [1.807, 2.05) is 22.8 Å². The van der Waals surface area contributed by atoms with Crippen LogP contribution in [0.1, 0.15) is 142 Å². The highest BCUT2D eigenvalue weighted by molar-refractivity contribution is 8.86. The van der Waals surface area contributed by atoms with Crippen LogP contribution < -0.4 is 0 Å². The summed E-state index contributed by atoms with van der Waals surface area (Å²) >= 11 is 3.64. The zero-order valence-corrected chi connectivity index (χ0v) is 21.8. The first kappa shape index (κ1) is 29.1. The second kappa shape index (κ2) is 26.1. The van der Waals surface area contributed by atoms with Crippen molar-refractivity contribution in [2.45, 2.75) is 142 Å². The molecule has 0 saturated heterocycles. The minimum atomic E-state index is -0.820. The molecule has 1 nitrogen and oxygen atoms in total. The summed E-state index contributed by atoms with van der Waals surface area (Å²) in [7, 11) is 0. The van der Waals surface area contributed by atoms with Crippen LogP contribution in [0.25, 0.3) is 0 Å². The fourth-order valence-electron chi connectivity index (χ4n) is 3.50. The normalized spacial score (nSPS) is 11.6. The Morgan fingerprint density at radius 2 is 0.679 bits per heavy atom. The van der Waals surface area contributed by atoms with Crippen LogP contribution in [-0.2, 0) is 0 Å². The molecule has 0 unspecified atom stereocenters. The van der Waals surface area contributed by atoms with Crippen LogP contribution in [0.3, 0.4) is 0 Å². The molecule has 0 radical (unpaired) electrons. The molecule has 0 saturated carbocycles. The van der Waals surface area contributed by atoms with E-state index < -0.39 is 6.55 Å². The molecule has 0 amide bonds. The molecule has 0 rings (SSSR count). The number of hydrogen-bond donors (Lipinski definition) is 1. The first-order valence-corrected chi connectivity index (χ1v) is 17.0. The van der Waals surface area contributed by atoms with E-state index in [4.69, 9.17) is 0 Å². The lowest BCUT2D eigenvalue weighted by Gasteiger charge is -2.09. The van der Waals surface area contributed by atoms with Crippen LogP contribution in [0.4, 0.5) is 0 Å². The van der Waals surface area contributed by atoms with Gasteiger partial charge in [0.1, 0.15) is 6.55 Å². The van der Waals surface area contributed by atoms with Crippen molar-refractivity contribution in [1.82, 2.24) is 0 Å². The van der Waals surface area contributed by atoms with E-state index in [9.17, 15) is 4.89 Å². The van der Waals surface area contributed by atoms with Gasteiger partial charge in [0.15, 0.2) is 0 Å². The summed E-state index contributed by atoms with van der Waals surface area (Å²) in [6, 6.07) is 0. The van der Waals surface area contributed by atoms with Gasteiger partial charge in [-0.15, -0.1) is 0 Å². The predicted octanol–water partition coefficient (Wildman–Crippen LogP) is 10.5. The smallest absolute Gasteiger partial charge is 0.149 e. The summed E-state index contributed by atoms with van der Waals surface area (Å²) in [5.41, 5.74) is 0. The van der Waals surface area contributed by atoms with Crippen molar-refractivity contribution in [3.63, 3.8) is 0 Å². The summed E-state index contributed by atoms with van der Waals surface area (Å²) in [5, 5.41) is 0. The van der Waals surface area contributed by atoms with Crippen molar-refractivity contribution < 1.29 is 4.89 Å². The van der Waals surface area contributed by atoms with Crippen LogP contribution in [0.5, 0.6) is 0 Å². The van der Waals surface area contributed by atoms with Gasteiger partial charge >= 0.3 is 0 Å². The molecule has 0 aromatic heterocycles. The molecule has 0 bridgehead atoms. The molecule has 0 aromatic carbocycles. The average Bonchev–Trinajstić information content (AvgIpc) is 2.70. The topological polar surface area (TPSA) is 20.2 Å². The van der Waals surface area contributed by atoms with Gasteiger partial charge in [0, 0.05) is 11.5 Å². The maximum Gasteiger partial charge on any atom is 0.149 e. The third-order valence-corrected chi connectivity index (χ3v) is 11.1. The van der Waals surface area contributed by atoms with Gasteiger partial charge in [-0.05, 0) is 12.8 Å². The Morgan fingerprint density at radius 3 is 0.964 bits per heavy atom. The molecule has 0 atom stereocenters. The molecule has 4 heteroatoms. The fourth-order valence-corrected chi connectivity index (χ4v) is 8.50. The zero-order valence-electron chi connectivity index (χ0n) is 19.3. The van der Waals surface area contributed by atoms with Gasteiger partial charge in [0.05, 0.1) is 0 Å². The van der Waals surface area contributed by atoms with Crippen LogP contribution in [-0.4, -0.2) is 16.4 Å². The summed E-state index contributed by atoms with van der Waals surface area (Å²) < 4.78 is 0. The zero-order chi connectivity index (χ0) is 20.5. The first-order chi connectivity index (χ1) is 13.8. The van der Waals surface area contributed by atoms with Gasteiger partial charge in [-0.3, -0.25) is 0 Å². The van der Waals surface area contributed by atoms with Crippen molar-refractivity contribution in [2.24, 2.45) is 0 Å². The van der Waals surface area contributed by atoms with Crippen LogP contribution >= 0.6 is 29.3 Å². The van der Waals surface area contributed by atoms with Crippen molar-refractivity contribution in [3.05, 3.63) is 0 Å². The highest BCUT2D eigenvalue weighted by atomic mass is 33.1. The maximum absolute atomic E-state index is 10.1. The molecule has 0 aliphatic heterocycles. The van der Waals surface area contributed by atoms with Crippen molar-refractivity contribution in [2.75, 3.05) is 11.5 Å². The lowest BCUT2D eigenvalue weighted by atomic mass is 10.1. The Morgan fingerprint density at radius 1 is 0.429 bits per heavy atom. The molecule has 1 N–H and O–H groups in total. The summed E-state index contributed by atoms with van der Waals surface area (Å²) in [6.45, 7) is 3.75. The average molecular weight is 451 g/mol. The molecular formula is C24H51OPS2. The lowest BCUT2D eigenvalue weighted by molar-refractivity contribution is 0.563. The number of hydrogen-bond acceptors (Lipinski definition) is 3. The summed E-state index contributed by atoms with van der Waals surface area (Å²) in [4.78, 5) is 10.1. The van der Waals surface area contributed by atoms with Gasteiger partial charge < -0.3 is 4.89 Å². The van der Waals surface area contributed by atoms with E-state index in [2.05, 4.69) is 13.8 Å². The van der Waals surface area contributed by atoms with Crippen LogP contribution in [0.15, 0.2) is 0 Å². The largest absolute Gasteiger partial charge is 0.355 e. The van der Waals surface area contributed by atoms with Crippen LogP contribution in [0, 0.1) is 0 Å². The molecule has 0 heterocycles. The highest BCUT2D eigenvalue weighted by Gasteiger charge is 2.05. The fraction of sp³-hybridized carbons (Fsp3) is 1.00. The second-order valence-corrected chi connectivity index (χ2v) is 14.4. The summed E-state index contributed by atoms with van der Waals surface area (Å²) in [6.07, 6.45) is 27.9. The maximum atomic E-state index is 10.1. The van der Waals surface area contributed by atoms with E-state index in [1.54, 1.807) is 0 Å². The molecule has 28 heavy (non-hydrogen) atoms. The second-order valence-electron chi connectivity index (χ2n) is 8.27. The molecular weight excluding hydrogens is 399 g/mol. The van der Waals surface area contributed by atoms with Crippen molar-refractivity contribution in [1.29, 1.82) is 0 Å². The lowest BCUT2D eigenvalue weighted by Crippen LogP contribution is -1.84. The standard InChI is InChI=1S/C24H51OPS2/c1-3-5-7-9-11-13-15-17-19-21-23-27-26(25)28-24-22-20-18-16-14-12-10-8-6-4-2/h25H,3-24H2,1-2H3. The molecule has 0 aromatic rings. The molecule has 0 aliphatic rings. The molecule has 0 aliphatic carbocycles. The Bertz CT molecular complexity index is 253. The Hall–Kier alpha value is 1.09. The van der Waals surface area contributed by atoms with E-state index in [0.717, 1.165) is 11.5 Å². The van der Waals surface area contributed by atoms with Gasteiger partial charge in [-0.25, -0.2) is 0 Å². The monoisotopic (exact) mass is 450 g/mol. The first-order valence-electron chi connectivity index (χ1n) is 12.6. The van der Waals surface area contributed by atoms with E-state index in [1.165, 1.54) is 128 Å². The van der Waals surface area contributed by atoms with Crippen molar-refractivity contribution >= 4 is 29.3 Å². The number of rotatable bonds is 24. The Kier molecular flexibility index (Phi) is 27.1.